The summed E-state index contributed by atoms with van der Waals surface area (Å²) in [4.78, 5) is 29.5. The molecule has 10 nitrogen and oxygen atoms in total. The standard InChI is InChI=1S/C12H15FN6O4/c1-3-22-9(20)11(13)6-5-7(16-18-14)12(8(6)11,17-19-15)10(21)23-4-2/h6-8H,3-5H2,1-2H3/t6-,7-,8+,11-,12+/m1/s1. The molecule has 0 spiro atoms. The van der Waals surface area contributed by atoms with Crippen molar-refractivity contribution in [3.05, 3.63) is 20.9 Å². The molecule has 0 saturated heterocycles. The molecule has 0 aromatic heterocycles. The molecule has 2 saturated carbocycles. The van der Waals surface area contributed by atoms with Crippen molar-refractivity contribution in [1.82, 2.24) is 0 Å². The zero-order valence-corrected chi connectivity index (χ0v) is 12.5. The fraction of sp³-hybridized carbons (Fsp3) is 0.833. The van der Waals surface area contributed by atoms with E-state index in [1.165, 1.54) is 13.8 Å². The van der Waals surface area contributed by atoms with Gasteiger partial charge in [-0.05, 0) is 31.3 Å². The van der Waals surface area contributed by atoms with Crippen LogP contribution in [0.2, 0.25) is 0 Å². The molecule has 23 heavy (non-hydrogen) atoms. The minimum absolute atomic E-state index is 0.0301. The quantitative estimate of drug-likeness (QED) is 0.318. The maximum atomic E-state index is 15.0. The van der Waals surface area contributed by atoms with E-state index in [0.717, 1.165) is 0 Å². The molecule has 0 aliphatic heterocycles. The van der Waals surface area contributed by atoms with Gasteiger partial charge in [0.1, 0.15) is 0 Å². The van der Waals surface area contributed by atoms with Gasteiger partial charge in [0, 0.05) is 21.7 Å². The molecule has 0 heterocycles. The van der Waals surface area contributed by atoms with Crippen molar-refractivity contribution in [3.8, 4) is 0 Å². The highest BCUT2D eigenvalue weighted by molar-refractivity contribution is 5.92. The van der Waals surface area contributed by atoms with Crippen molar-refractivity contribution < 1.29 is 23.5 Å². The van der Waals surface area contributed by atoms with E-state index in [-0.39, 0.29) is 19.6 Å². The average molecular weight is 326 g/mol. The molecule has 0 amide bonds. The Bertz CT molecular complexity index is 631. The Morgan fingerprint density at radius 1 is 1.22 bits per heavy atom. The van der Waals surface area contributed by atoms with Gasteiger partial charge in [0.2, 0.25) is 5.67 Å². The van der Waals surface area contributed by atoms with E-state index in [9.17, 15) is 9.59 Å². The lowest BCUT2D eigenvalue weighted by Gasteiger charge is -2.30. The van der Waals surface area contributed by atoms with Crippen LogP contribution in [0.1, 0.15) is 20.3 Å². The molecule has 0 unspecified atom stereocenters. The summed E-state index contributed by atoms with van der Waals surface area (Å²) in [6, 6.07) is -1.12. The van der Waals surface area contributed by atoms with Gasteiger partial charge in [-0.15, -0.1) is 0 Å². The number of nitrogens with zero attached hydrogens (tertiary/aromatic N) is 6. The molecule has 0 N–H and O–H groups in total. The maximum Gasteiger partial charge on any atom is 0.344 e. The molecule has 0 aromatic carbocycles. The van der Waals surface area contributed by atoms with Crippen LogP contribution in [-0.4, -0.2) is 42.4 Å². The largest absolute Gasteiger partial charge is 0.465 e. The smallest absolute Gasteiger partial charge is 0.344 e. The number of hydrogen-bond donors (Lipinski definition) is 0. The van der Waals surface area contributed by atoms with Gasteiger partial charge in [0.05, 0.1) is 19.3 Å². The highest BCUT2D eigenvalue weighted by atomic mass is 19.1. The van der Waals surface area contributed by atoms with Crippen molar-refractivity contribution >= 4 is 11.9 Å². The van der Waals surface area contributed by atoms with Gasteiger partial charge in [-0.2, -0.15) is 0 Å². The third-order valence-corrected chi connectivity index (χ3v) is 4.34. The molecular formula is C12H15FN6O4. The van der Waals surface area contributed by atoms with E-state index >= 15 is 4.39 Å². The first-order valence-electron chi connectivity index (χ1n) is 7.08. The van der Waals surface area contributed by atoms with Crippen LogP contribution in [-0.2, 0) is 19.1 Å². The van der Waals surface area contributed by atoms with Crippen molar-refractivity contribution in [2.75, 3.05) is 13.2 Å². The van der Waals surface area contributed by atoms with Crippen molar-refractivity contribution in [2.45, 2.75) is 37.5 Å². The maximum absolute atomic E-state index is 15.0. The van der Waals surface area contributed by atoms with E-state index < -0.39 is 41.0 Å². The van der Waals surface area contributed by atoms with Crippen LogP contribution in [0.15, 0.2) is 10.2 Å². The summed E-state index contributed by atoms with van der Waals surface area (Å²) in [7, 11) is 0. The van der Waals surface area contributed by atoms with Gasteiger partial charge in [-0.3, -0.25) is 4.79 Å². The molecule has 2 aliphatic carbocycles. The lowest BCUT2D eigenvalue weighted by atomic mass is 9.86. The number of fused-ring (bicyclic) bond motifs is 1. The minimum Gasteiger partial charge on any atom is -0.465 e. The van der Waals surface area contributed by atoms with Gasteiger partial charge in [-0.25, -0.2) is 9.18 Å². The first kappa shape index (κ1) is 16.9. The number of carbonyl (C=O) groups excluding carboxylic acids is 2. The summed E-state index contributed by atoms with van der Waals surface area (Å²) >= 11 is 0. The Balaban J connectivity index is 2.49. The van der Waals surface area contributed by atoms with Crippen molar-refractivity contribution in [3.63, 3.8) is 0 Å². The molecule has 0 aromatic rings. The first-order valence-corrected chi connectivity index (χ1v) is 7.08. The van der Waals surface area contributed by atoms with Crippen molar-refractivity contribution in [1.29, 1.82) is 0 Å². The monoisotopic (exact) mass is 326 g/mol. The molecule has 0 radical (unpaired) electrons. The number of hydrogen-bond acceptors (Lipinski definition) is 6. The van der Waals surface area contributed by atoms with Crippen LogP contribution in [0.3, 0.4) is 0 Å². The summed E-state index contributed by atoms with van der Waals surface area (Å²) in [6.07, 6.45) is -0.109. The summed E-state index contributed by atoms with van der Waals surface area (Å²) in [5, 5.41) is 6.87. The van der Waals surface area contributed by atoms with Crippen molar-refractivity contribution in [2.24, 2.45) is 22.1 Å². The Morgan fingerprint density at radius 3 is 2.35 bits per heavy atom. The van der Waals surface area contributed by atoms with Crippen LogP contribution < -0.4 is 0 Å². The van der Waals surface area contributed by atoms with Crippen LogP contribution in [0, 0.1) is 11.8 Å². The second-order valence-electron chi connectivity index (χ2n) is 5.26. The van der Waals surface area contributed by atoms with Gasteiger partial charge >= 0.3 is 11.9 Å². The Hall–Kier alpha value is -2.51. The van der Waals surface area contributed by atoms with Gasteiger partial charge in [0.25, 0.3) is 0 Å². The number of rotatable bonds is 6. The van der Waals surface area contributed by atoms with E-state index in [2.05, 4.69) is 20.1 Å². The first-order chi connectivity index (χ1) is 10.9. The Morgan fingerprint density at radius 2 is 1.83 bits per heavy atom. The summed E-state index contributed by atoms with van der Waals surface area (Å²) in [5.74, 6) is -4.31. The van der Waals surface area contributed by atoms with Crippen LogP contribution in [0.25, 0.3) is 20.9 Å². The molecule has 2 fully saturated rings. The van der Waals surface area contributed by atoms with Gasteiger partial charge < -0.3 is 9.47 Å². The molecule has 0 bridgehead atoms. The van der Waals surface area contributed by atoms with Crippen LogP contribution in [0.4, 0.5) is 4.39 Å². The lowest BCUT2D eigenvalue weighted by molar-refractivity contribution is -0.156. The molecule has 2 rings (SSSR count). The van der Waals surface area contributed by atoms with E-state index in [4.69, 9.17) is 20.5 Å². The summed E-state index contributed by atoms with van der Waals surface area (Å²) in [5.41, 5.74) is 12.9. The SMILES string of the molecule is CCOC(=O)[C@@]1(F)[C@@H]2C[C@@H](N=[N+]=[N-])[C@@](N=[N+]=[N-])(C(=O)OCC)[C@@H]21. The summed E-state index contributed by atoms with van der Waals surface area (Å²) in [6.45, 7) is 2.98. The van der Waals surface area contributed by atoms with Gasteiger partial charge in [-0.1, -0.05) is 10.2 Å². The number of ether oxygens (including phenoxy) is 2. The number of esters is 2. The molecule has 5 atom stereocenters. The third-order valence-electron chi connectivity index (χ3n) is 4.34. The molecule has 2 aliphatic rings. The zero-order valence-electron chi connectivity index (χ0n) is 12.5. The predicted octanol–water partition coefficient (Wildman–Crippen LogP) is 2.20. The fourth-order valence-electron chi connectivity index (χ4n) is 3.46. The van der Waals surface area contributed by atoms with E-state index in [0.29, 0.717) is 0 Å². The number of halogens is 1. The normalized spacial score (nSPS) is 36.9. The zero-order chi connectivity index (χ0) is 17.3. The highest BCUT2D eigenvalue weighted by Crippen LogP contribution is 2.69. The third kappa shape index (κ3) is 2.16. The van der Waals surface area contributed by atoms with E-state index in [1.807, 2.05) is 0 Å². The average Bonchev–Trinajstić information content (AvgIpc) is 2.96. The fourth-order valence-corrected chi connectivity index (χ4v) is 3.46. The van der Waals surface area contributed by atoms with Crippen LogP contribution in [0.5, 0.6) is 0 Å². The topological polar surface area (TPSA) is 150 Å². The number of alkyl halides is 1. The van der Waals surface area contributed by atoms with E-state index in [1.54, 1.807) is 0 Å². The highest BCUT2D eigenvalue weighted by Gasteiger charge is 2.85. The molecule has 11 heteroatoms. The molecule has 124 valence electrons. The Kier molecular flexibility index (Phi) is 4.35. The predicted molar refractivity (Wildman–Crippen MR) is 73.5 cm³/mol. The number of azide groups is 2. The summed E-state index contributed by atoms with van der Waals surface area (Å²) < 4.78 is 24.6. The Labute approximate surface area is 130 Å². The van der Waals surface area contributed by atoms with Crippen LogP contribution >= 0.6 is 0 Å². The lowest BCUT2D eigenvalue weighted by Crippen LogP contribution is -2.51. The van der Waals surface area contributed by atoms with Gasteiger partial charge in [0.15, 0.2) is 5.54 Å². The number of carbonyl (C=O) groups is 2. The second-order valence-corrected chi connectivity index (χ2v) is 5.26. The minimum atomic E-state index is -2.45. The second kappa shape index (κ2) is 5.94. The molecular weight excluding hydrogens is 311 g/mol.